The van der Waals surface area contributed by atoms with Crippen LogP contribution in [0.15, 0.2) is 24.3 Å². The van der Waals surface area contributed by atoms with E-state index in [9.17, 15) is 31.1 Å². The predicted octanol–water partition coefficient (Wildman–Crippen LogP) is 4.48. The van der Waals surface area contributed by atoms with Gasteiger partial charge in [0.1, 0.15) is 0 Å². The molecule has 3 aliphatic carbocycles. The first-order chi connectivity index (χ1) is 12.0. The van der Waals surface area contributed by atoms with Crippen LogP contribution in [-0.4, -0.2) is 18.2 Å². The van der Waals surface area contributed by atoms with Gasteiger partial charge in [0.15, 0.2) is 0 Å². The smallest absolute Gasteiger partial charge is 0.335 e. The molecule has 0 saturated heterocycles. The normalized spacial score (nSPS) is 28.2. The third-order valence-corrected chi connectivity index (χ3v) is 5.30. The molecule has 0 heterocycles. The van der Waals surface area contributed by atoms with E-state index in [1.54, 1.807) is 0 Å². The number of hydrogen-bond acceptors (Lipinski definition) is 1. The number of carbonyl (C=O) groups excluding carboxylic acids is 1. The van der Waals surface area contributed by atoms with Crippen molar-refractivity contribution in [3.8, 4) is 0 Å². The lowest BCUT2D eigenvalue weighted by atomic mass is 9.57. The number of carbonyl (C=O) groups is 1. The molecule has 0 spiro atoms. The maximum atomic E-state index is 13.0. The molecule has 2 unspecified atom stereocenters. The van der Waals surface area contributed by atoms with E-state index in [1.807, 2.05) is 0 Å². The van der Waals surface area contributed by atoms with E-state index in [2.05, 4.69) is 10.6 Å². The number of benzene rings is 1. The van der Waals surface area contributed by atoms with Gasteiger partial charge in [-0.3, -0.25) is 0 Å². The molecule has 2 amide bonds. The Kier molecular flexibility index (Phi) is 4.83. The Bertz CT molecular complexity index is 666. The Morgan fingerprint density at radius 2 is 1.73 bits per heavy atom. The number of hydrogen-bond donors (Lipinski definition) is 2. The van der Waals surface area contributed by atoms with Crippen LogP contribution >= 0.6 is 0 Å². The highest BCUT2D eigenvalue weighted by Gasteiger charge is 2.55. The summed E-state index contributed by atoms with van der Waals surface area (Å²) in [7, 11) is 0. The number of urea groups is 1. The molecule has 2 atom stereocenters. The van der Waals surface area contributed by atoms with E-state index in [0.717, 1.165) is 12.1 Å². The van der Waals surface area contributed by atoms with Crippen LogP contribution < -0.4 is 10.6 Å². The summed E-state index contributed by atoms with van der Waals surface area (Å²) in [5.41, 5.74) is -0.562. The summed E-state index contributed by atoms with van der Waals surface area (Å²) in [6, 6.07) is 3.30. The highest BCUT2D eigenvalue weighted by atomic mass is 19.4. The molecule has 1 aromatic carbocycles. The second-order valence-electron chi connectivity index (χ2n) is 7.01. The van der Waals surface area contributed by atoms with Crippen LogP contribution in [0.25, 0.3) is 0 Å². The van der Waals surface area contributed by atoms with Crippen LogP contribution in [-0.2, 0) is 12.7 Å². The molecular weight excluding hydrogens is 362 g/mol. The first-order valence-electron chi connectivity index (χ1n) is 8.31. The van der Waals surface area contributed by atoms with E-state index >= 15 is 0 Å². The monoisotopic (exact) mass is 380 g/mol. The van der Waals surface area contributed by atoms with Crippen LogP contribution in [0, 0.1) is 17.8 Å². The van der Waals surface area contributed by atoms with Gasteiger partial charge in [0.2, 0.25) is 0 Å². The SMILES string of the molecule is O=C(NCc1cccc(C(F)(F)F)c1)NC1CC(C(F)(F)F)C2CC1C2. The van der Waals surface area contributed by atoms with Crippen LogP contribution in [0.1, 0.15) is 30.4 Å². The third kappa shape index (κ3) is 4.07. The van der Waals surface area contributed by atoms with Gasteiger partial charge in [-0.05, 0) is 48.8 Å². The zero-order chi connectivity index (χ0) is 19.1. The highest BCUT2D eigenvalue weighted by molar-refractivity contribution is 5.74. The van der Waals surface area contributed by atoms with E-state index in [0.29, 0.717) is 12.8 Å². The Labute approximate surface area is 146 Å². The zero-order valence-electron chi connectivity index (χ0n) is 13.6. The molecule has 1 aromatic rings. The number of rotatable bonds is 3. The lowest BCUT2D eigenvalue weighted by Crippen LogP contribution is -2.57. The average Bonchev–Trinajstić information content (AvgIpc) is 2.50. The summed E-state index contributed by atoms with van der Waals surface area (Å²) < 4.78 is 77.0. The number of amides is 2. The summed E-state index contributed by atoms with van der Waals surface area (Å²) in [6.45, 7) is -0.140. The molecule has 0 radical (unpaired) electrons. The lowest BCUT2D eigenvalue weighted by Gasteiger charge is -2.51. The van der Waals surface area contributed by atoms with Gasteiger partial charge >= 0.3 is 18.4 Å². The molecule has 144 valence electrons. The third-order valence-electron chi connectivity index (χ3n) is 5.30. The molecule has 3 aliphatic rings. The minimum absolute atomic E-state index is 0.0397. The summed E-state index contributed by atoms with van der Waals surface area (Å²) in [5.74, 6) is -1.72. The van der Waals surface area contributed by atoms with Crippen molar-refractivity contribution in [2.24, 2.45) is 17.8 Å². The highest BCUT2D eigenvalue weighted by Crippen LogP contribution is 2.54. The summed E-state index contributed by atoms with van der Waals surface area (Å²) in [5, 5.41) is 4.97. The van der Waals surface area contributed by atoms with E-state index < -0.39 is 35.9 Å². The quantitative estimate of drug-likeness (QED) is 0.746. The maximum absolute atomic E-state index is 13.0. The van der Waals surface area contributed by atoms with Crippen molar-refractivity contribution in [2.45, 2.75) is 44.2 Å². The molecular formula is C17H18F6N2O. The largest absolute Gasteiger partial charge is 0.416 e. The topological polar surface area (TPSA) is 41.1 Å². The Morgan fingerprint density at radius 3 is 2.35 bits per heavy atom. The van der Waals surface area contributed by atoms with Gasteiger partial charge in [-0.15, -0.1) is 0 Å². The second kappa shape index (κ2) is 6.66. The molecule has 0 aliphatic heterocycles. The lowest BCUT2D eigenvalue weighted by molar-refractivity contribution is -0.220. The molecule has 0 aromatic heterocycles. The summed E-state index contributed by atoms with van der Waals surface area (Å²) >= 11 is 0. The first kappa shape index (κ1) is 18.8. The van der Waals surface area contributed by atoms with Crippen LogP contribution in [0.3, 0.4) is 0 Å². The minimum atomic E-state index is -4.48. The van der Waals surface area contributed by atoms with Crippen LogP contribution in [0.4, 0.5) is 31.1 Å². The Hall–Kier alpha value is -1.93. The van der Waals surface area contributed by atoms with Crippen molar-refractivity contribution in [2.75, 3.05) is 0 Å². The zero-order valence-corrected chi connectivity index (χ0v) is 13.6. The van der Waals surface area contributed by atoms with Gasteiger partial charge in [0.05, 0.1) is 11.5 Å². The van der Waals surface area contributed by atoms with Crippen LogP contribution in [0.5, 0.6) is 0 Å². The van der Waals surface area contributed by atoms with Gasteiger partial charge in [0.25, 0.3) is 0 Å². The van der Waals surface area contributed by atoms with Gasteiger partial charge < -0.3 is 10.6 Å². The molecule has 26 heavy (non-hydrogen) atoms. The fraction of sp³-hybridized carbons (Fsp3) is 0.588. The average molecular weight is 380 g/mol. The first-order valence-corrected chi connectivity index (χ1v) is 8.31. The van der Waals surface area contributed by atoms with Crippen molar-refractivity contribution in [1.82, 2.24) is 10.6 Å². The van der Waals surface area contributed by atoms with Crippen LogP contribution in [0.2, 0.25) is 0 Å². The van der Waals surface area contributed by atoms with Crippen molar-refractivity contribution in [3.05, 3.63) is 35.4 Å². The Morgan fingerprint density at radius 1 is 1.04 bits per heavy atom. The molecule has 2 bridgehead atoms. The number of fused-ring (bicyclic) bond motifs is 2. The Balaban J connectivity index is 1.53. The van der Waals surface area contributed by atoms with Gasteiger partial charge in [0, 0.05) is 12.6 Å². The van der Waals surface area contributed by atoms with Crippen molar-refractivity contribution >= 4 is 6.03 Å². The fourth-order valence-electron chi connectivity index (χ4n) is 3.86. The molecule has 2 N–H and O–H groups in total. The maximum Gasteiger partial charge on any atom is 0.416 e. The van der Waals surface area contributed by atoms with Gasteiger partial charge in [-0.2, -0.15) is 26.3 Å². The summed E-state index contributed by atoms with van der Waals surface area (Å²) in [4.78, 5) is 12.0. The van der Waals surface area contributed by atoms with E-state index in [4.69, 9.17) is 0 Å². The fourth-order valence-corrected chi connectivity index (χ4v) is 3.86. The standard InChI is InChI=1S/C17H18F6N2O/c18-16(19,20)12-3-1-2-9(4-12)8-24-15(26)25-14-7-13(17(21,22)23)10-5-11(14)6-10/h1-4,10-11,13-14H,5-8H2,(H2,24,25,26). The molecule has 3 saturated carbocycles. The molecule has 4 rings (SSSR count). The molecule has 9 heteroatoms. The summed E-state index contributed by atoms with van der Waals surface area (Å²) in [6.07, 6.45) is -8.00. The molecule has 3 fully saturated rings. The van der Waals surface area contributed by atoms with Crippen molar-refractivity contribution < 1.29 is 31.1 Å². The predicted molar refractivity (Wildman–Crippen MR) is 81.0 cm³/mol. The number of alkyl halides is 6. The molecule has 3 nitrogen and oxygen atoms in total. The van der Waals surface area contributed by atoms with Gasteiger partial charge in [-0.25, -0.2) is 4.79 Å². The van der Waals surface area contributed by atoms with Crippen molar-refractivity contribution in [1.29, 1.82) is 0 Å². The minimum Gasteiger partial charge on any atom is -0.335 e. The van der Waals surface area contributed by atoms with Crippen molar-refractivity contribution in [3.63, 3.8) is 0 Å². The van der Waals surface area contributed by atoms with Gasteiger partial charge in [-0.1, -0.05) is 12.1 Å². The van der Waals surface area contributed by atoms with E-state index in [-0.39, 0.29) is 30.4 Å². The second-order valence-corrected chi connectivity index (χ2v) is 7.01. The number of nitrogens with one attached hydrogen (secondary N) is 2. The van der Waals surface area contributed by atoms with E-state index in [1.165, 1.54) is 12.1 Å². The number of halogens is 6.